The third kappa shape index (κ3) is 4.18. The lowest BCUT2D eigenvalue weighted by Gasteiger charge is -2.21. The lowest BCUT2D eigenvalue weighted by molar-refractivity contribution is 0.339. The molecule has 1 fully saturated rings. The molecular formula is C17H26. The lowest BCUT2D eigenvalue weighted by Crippen LogP contribution is -2.07. The predicted molar refractivity (Wildman–Crippen MR) is 75.3 cm³/mol. The number of hydrogen-bond donors (Lipinski definition) is 0. The van der Waals surface area contributed by atoms with Gasteiger partial charge in [-0.05, 0) is 36.3 Å². The molecule has 1 aromatic rings. The van der Waals surface area contributed by atoms with Crippen LogP contribution in [-0.2, 0) is 12.8 Å². The second-order valence-corrected chi connectivity index (χ2v) is 5.61. The molecule has 0 aromatic heterocycles. The Morgan fingerprint density at radius 1 is 0.882 bits per heavy atom. The Morgan fingerprint density at radius 3 is 2.06 bits per heavy atom. The van der Waals surface area contributed by atoms with Crippen molar-refractivity contribution < 1.29 is 0 Å². The highest BCUT2D eigenvalue weighted by atomic mass is 14.2. The van der Waals surface area contributed by atoms with Crippen molar-refractivity contribution in [3.63, 3.8) is 0 Å². The van der Waals surface area contributed by atoms with E-state index in [1.807, 2.05) is 0 Å². The van der Waals surface area contributed by atoms with Gasteiger partial charge in [-0.3, -0.25) is 0 Å². The number of hydrogen-bond acceptors (Lipinski definition) is 0. The molecule has 0 unspecified atom stereocenters. The minimum Gasteiger partial charge on any atom is -0.0651 e. The smallest absolute Gasteiger partial charge is 0.0276 e. The van der Waals surface area contributed by atoms with Crippen molar-refractivity contribution in [2.45, 2.75) is 64.7 Å². The second kappa shape index (κ2) is 6.83. The van der Waals surface area contributed by atoms with E-state index in [0.717, 1.165) is 5.92 Å². The highest BCUT2D eigenvalue weighted by molar-refractivity contribution is 5.22. The van der Waals surface area contributed by atoms with Crippen LogP contribution in [0.1, 0.15) is 63.0 Å². The first-order chi connectivity index (χ1) is 8.38. The minimum absolute atomic E-state index is 1.01. The maximum absolute atomic E-state index is 2.34. The molecule has 0 aliphatic heterocycles. The largest absolute Gasteiger partial charge is 0.0651 e. The molecule has 0 heterocycles. The standard InChI is InChI=1S/C17H26/c1-2-6-15-9-12-17(13-10-15)14-11-16-7-4-3-5-8-16/h9-10,12-13,16H,2-8,11,14H2,1H3. The summed E-state index contributed by atoms with van der Waals surface area (Å²) >= 11 is 0. The van der Waals surface area contributed by atoms with Crippen LogP contribution >= 0.6 is 0 Å². The summed E-state index contributed by atoms with van der Waals surface area (Å²) in [5.41, 5.74) is 3.03. The maximum atomic E-state index is 2.34. The van der Waals surface area contributed by atoms with Gasteiger partial charge in [-0.15, -0.1) is 0 Å². The highest BCUT2D eigenvalue weighted by Gasteiger charge is 2.12. The van der Waals surface area contributed by atoms with Crippen molar-refractivity contribution in [3.05, 3.63) is 35.4 Å². The van der Waals surface area contributed by atoms with Gasteiger partial charge in [0.25, 0.3) is 0 Å². The van der Waals surface area contributed by atoms with Crippen LogP contribution in [0.15, 0.2) is 24.3 Å². The van der Waals surface area contributed by atoms with E-state index in [4.69, 9.17) is 0 Å². The van der Waals surface area contributed by atoms with Crippen LogP contribution in [0.4, 0.5) is 0 Å². The van der Waals surface area contributed by atoms with Gasteiger partial charge in [0.2, 0.25) is 0 Å². The van der Waals surface area contributed by atoms with Crippen LogP contribution in [0.3, 0.4) is 0 Å². The number of benzene rings is 1. The molecule has 94 valence electrons. The summed E-state index contributed by atoms with van der Waals surface area (Å²) < 4.78 is 0. The zero-order valence-electron chi connectivity index (χ0n) is 11.3. The second-order valence-electron chi connectivity index (χ2n) is 5.61. The molecule has 0 saturated heterocycles. The average molecular weight is 230 g/mol. The summed E-state index contributed by atoms with van der Waals surface area (Å²) in [5.74, 6) is 1.01. The normalized spacial score (nSPS) is 17.2. The monoisotopic (exact) mass is 230 g/mol. The van der Waals surface area contributed by atoms with Crippen LogP contribution < -0.4 is 0 Å². The van der Waals surface area contributed by atoms with E-state index in [1.165, 1.54) is 68.9 Å². The van der Waals surface area contributed by atoms with Crippen LogP contribution in [-0.4, -0.2) is 0 Å². The molecule has 0 bridgehead atoms. The van der Waals surface area contributed by atoms with E-state index in [0.29, 0.717) is 0 Å². The van der Waals surface area contributed by atoms with E-state index in [-0.39, 0.29) is 0 Å². The topological polar surface area (TPSA) is 0 Å². The summed E-state index contributed by atoms with van der Waals surface area (Å²) in [7, 11) is 0. The van der Waals surface area contributed by atoms with E-state index in [2.05, 4.69) is 31.2 Å². The third-order valence-electron chi connectivity index (χ3n) is 4.13. The van der Waals surface area contributed by atoms with Gasteiger partial charge in [-0.1, -0.05) is 69.7 Å². The zero-order valence-corrected chi connectivity index (χ0v) is 11.3. The molecule has 0 N–H and O–H groups in total. The third-order valence-corrected chi connectivity index (χ3v) is 4.13. The SMILES string of the molecule is CCCc1ccc(CCC2CCCCC2)cc1. The molecule has 0 atom stereocenters. The summed E-state index contributed by atoms with van der Waals surface area (Å²) in [6, 6.07) is 9.32. The van der Waals surface area contributed by atoms with Crippen LogP contribution in [0.25, 0.3) is 0 Å². The maximum Gasteiger partial charge on any atom is -0.0276 e. The Hall–Kier alpha value is -0.780. The fourth-order valence-electron chi connectivity index (χ4n) is 3.01. The molecule has 2 rings (SSSR count). The molecular weight excluding hydrogens is 204 g/mol. The zero-order chi connectivity index (χ0) is 11.9. The van der Waals surface area contributed by atoms with Crippen LogP contribution in [0.5, 0.6) is 0 Å². The first kappa shape index (κ1) is 12.7. The van der Waals surface area contributed by atoms with Gasteiger partial charge in [-0.25, -0.2) is 0 Å². The van der Waals surface area contributed by atoms with Gasteiger partial charge in [-0.2, -0.15) is 0 Å². The summed E-state index contributed by atoms with van der Waals surface area (Å²) in [6.45, 7) is 2.25. The Kier molecular flexibility index (Phi) is 5.09. The highest BCUT2D eigenvalue weighted by Crippen LogP contribution is 2.27. The molecule has 17 heavy (non-hydrogen) atoms. The Morgan fingerprint density at radius 2 is 1.47 bits per heavy atom. The van der Waals surface area contributed by atoms with Gasteiger partial charge in [0, 0.05) is 0 Å². The molecule has 0 spiro atoms. The fourth-order valence-corrected chi connectivity index (χ4v) is 3.01. The van der Waals surface area contributed by atoms with Gasteiger partial charge >= 0.3 is 0 Å². The summed E-state index contributed by atoms with van der Waals surface area (Å²) in [5, 5.41) is 0. The van der Waals surface area contributed by atoms with Crippen molar-refractivity contribution >= 4 is 0 Å². The van der Waals surface area contributed by atoms with E-state index in [1.54, 1.807) is 0 Å². The van der Waals surface area contributed by atoms with Crippen molar-refractivity contribution in [2.24, 2.45) is 5.92 Å². The van der Waals surface area contributed by atoms with Gasteiger partial charge in [0.05, 0.1) is 0 Å². The summed E-state index contributed by atoms with van der Waals surface area (Å²) in [4.78, 5) is 0. The predicted octanol–water partition coefficient (Wildman–Crippen LogP) is 5.15. The van der Waals surface area contributed by atoms with E-state index >= 15 is 0 Å². The first-order valence-corrected chi connectivity index (χ1v) is 7.46. The summed E-state index contributed by atoms with van der Waals surface area (Å²) in [6.07, 6.45) is 12.6. The van der Waals surface area contributed by atoms with Crippen molar-refractivity contribution in [1.29, 1.82) is 0 Å². The number of rotatable bonds is 5. The molecule has 0 radical (unpaired) electrons. The molecule has 1 saturated carbocycles. The molecule has 0 heteroatoms. The van der Waals surface area contributed by atoms with Gasteiger partial charge < -0.3 is 0 Å². The van der Waals surface area contributed by atoms with Crippen molar-refractivity contribution in [3.8, 4) is 0 Å². The fraction of sp³-hybridized carbons (Fsp3) is 0.647. The Labute approximate surface area is 106 Å². The Bertz CT molecular complexity index is 303. The van der Waals surface area contributed by atoms with E-state index < -0.39 is 0 Å². The van der Waals surface area contributed by atoms with Crippen LogP contribution in [0.2, 0.25) is 0 Å². The molecule has 1 aliphatic rings. The van der Waals surface area contributed by atoms with Crippen molar-refractivity contribution in [2.75, 3.05) is 0 Å². The molecule has 0 amide bonds. The lowest BCUT2D eigenvalue weighted by atomic mass is 9.85. The first-order valence-electron chi connectivity index (χ1n) is 7.46. The number of aryl methyl sites for hydroxylation is 2. The Balaban J connectivity index is 1.77. The molecule has 0 nitrogen and oxygen atoms in total. The average Bonchev–Trinajstić information content (AvgIpc) is 2.40. The molecule has 1 aromatic carbocycles. The molecule has 1 aliphatic carbocycles. The quantitative estimate of drug-likeness (QED) is 0.656. The van der Waals surface area contributed by atoms with Crippen molar-refractivity contribution in [1.82, 2.24) is 0 Å². The van der Waals surface area contributed by atoms with Crippen LogP contribution in [0, 0.1) is 5.92 Å². The minimum atomic E-state index is 1.01. The van der Waals surface area contributed by atoms with Gasteiger partial charge in [0.15, 0.2) is 0 Å². The van der Waals surface area contributed by atoms with E-state index in [9.17, 15) is 0 Å². The van der Waals surface area contributed by atoms with Gasteiger partial charge in [0.1, 0.15) is 0 Å².